The Hall–Kier alpha value is -2.86. The van der Waals surface area contributed by atoms with Gasteiger partial charge in [-0.25, -0.2) is 0 Å². The van der Waals surface area contributed by atoms with Gasteiger partial charge in [0.25, 0.3) is 0 Å². The van der Waals surface area contributed by atoms with Crippen molar-refractivity contribution in [2.24, 2.45) is 0 Å². The monoisotopic (exact) mass is 475 g/mol. The molecule has 0 bridgehead atoms. The second-order valence-electron chi connectivity index (χ2n) is 7.82. The van der Waals surface area contributed by atoms with Crippen molar-refractivity contribution in [1.82, 2.24) is 5.32 Å². The molecule has 0 saturated carbocycles. The third-order valence-corrected chi connectivity index (χ3v) is 5.24. The number of hydrogen-bond donors (Lipinski definition) is 4. The minimum Gasteiger partial charge on any atom is -0.426 e. The number of rotatable bonds is 9. The van der Waals surface area contributed by atoms with Crippen LogP contribution in [0.4, 0.5) is 0 Å². The van der Waals surface area contributed by atoms with Gasteiger partial charge in [0.1, 0.15) is 42.1 Å². The maximum atomic E-state index is 11.4. The Kier molecular flexibility index (Phi) is 9.11. The van der Waals surface area contributed by atoms with E-state index in [0.717, 1.165) is 0 Å². The first kappa shape index (κ1) is 25.8. The first-order valence-electron chi connectivity index (χ1n) is 10.8. The van der Waals surface area contributed by atoms with Gasteiger partial charge in [-0.1, -0.05) is 36.4 Å². The second kappa shape index (κ2) is 12.0. The van der Waals surface area contributed by atoms with Gasteiger partial charge in [0.05, 0.1) is 13.2 Å². The molecule has 184 valence electrons. The zero-order valence-corrected chi connectivity index (χ0v) is 18.9. The Morgan fingerprint density at radius 2 is 1.47 bits per heavy atom. The molecule has 5 atom stereocenters. The number of carbonyl (C=O) groups excluding carboxylic acids is 2. The summed E-state index contributed by atoms with van der Waals surface area (Å²) >= 11 is 0. The topological polar surface area (TPSA) is 144 Å². The lowest BCUT2D eigenvalue weighted by molar-refractivity contribution is -0.251. The van der Waals surface area contributed by atoms with Crippen LogP contribution in [0.25, 0.3) is 0 Å². The Balaban J connectivity index is 1.76. The van der Waals surface area contributed by atoms with Gasteiger partial charge >= 0.3 is 11.9 Å². The quantitative estimate of drug-likeness (QED) is 0.301. The van der Waals surface area contributed by atoms with Crippen LogP contribution < -0.4 is 14.8 Å². The van der Waals surface area contributed by atoms with Gasteiger partial charge in [-0.15, -0.1) is 0 Å². The molecule has 0 radical (unpaired) electrons. The fourth-order valence-corrected chi connectivity index (χ4v) is 3.62. The number of nitrogens with one attached hydrogen (secondary N) is 1. The van der Waals surface area contributed by atoms with Gasteiger partial charge in [-0.05, 0) is 12.1 Å². The van der Waals surface area contributed by atoms with E-state index >= 15 is 0 Å². The predicted octanol–water partition coefficient (Wildman–Crippen LogP) is 0.651. The van der Waals surface area contributed by atoms with E-state index in [4.69, 9.17) is 18.9 Å². The predicted molar refractivity (Wildman–Crippen MR) is 119 cm³/mol. The summed E-state index contributed by atoms with van der Waals surface area (Å²) in [6.07, 6.45) is -5.77. The first-order chi connectivity index (χ1) is 16.3. The van der Waals surface area contributed by atoms with Crippen molar-refractivity contribution in [3.63, 3.8) is 0 Å². The highest BCUT2D eigenvalue weighted by Crippen LogP contribution is 2.27. The number of aliphatic hydroxyl groups excluding tert-OH is 3. The molecule has 1 aliphatic rings. The highest BCUT2D eigenvalue weighted by atomic mass is 16.6. The Morgan fingerprint density at radius 3 is 2.06 bits per heavy atom. The van der Waals surface area contributed by atoms with Crippen molar-refractivity contribution in [2.75, 3.05) is 6.61 Å². The summed E-state index contributed by atoms with van der Waals surface area (Å²) in [5.74, 6) is -0.270. The highest BCUT2D eigenvalue weighted by molar-refractivity contribution is 5.70. The molecule has 0 aromatic heterocycles. The van der Waals surface area contributed by atoms with Crippen molar-refractivity contribution in [3.8, 4) is 11.5 Å². The van der Waals surface area contributed by atoms with Crippen molar-refractivity contribution < 1.29 is 43.9 Å². The van der Waals surface area contributed by atoms with Gasteiger partial charge in [0.2, 0.25) is 0 Å². The number of para-hydroxylation sites is 2. The molecule has 2 aromatic carbocycles. The number of carbonyl (C=O) groups is 2. The van der Waals surface area contributed by atoms with Crippen molar-refractivity contribution in [3.05, 3.63) is 59.7 Å². The van der Waals surface area contributed by atoms with E-state index < -0.39 is 49.2 Å². The number of benzene rings is 2. The van der Waals surface area contributed by atoms with Crippen LogP contribution in [-0.2, 0) is 32.2 Å². The van der Waals surface area contributed by atoms with Crippen molar-refractivity contribution in [1.29, 1.82) is 0 Å². The molecule has 10 heteroatoms. The minimum atomic E-state index is -1.38. The van der Waals surface area contributed by atoms with Crippen LogP contribution in [-0.4, -0.2) is 64.5 Å². The van der Waals surface area contributed by atoms with E-state index in [-0.39, 0.29) is 13.2 Å². The fraction of sp³-hybridized carbons (Fsp3) is 0.417. The lowest BCUT2D eigenvalue weighted by Gasteiger charge is -2.42. The molecule has 1 saturated heterocycles. The Bertz CT molecular complexity index is 982. The lowest BCUT2D eigenvalue weighted by Crippen LogP contribution is -2.63. The molecule has 1 unspecified atom stereocenters. The SMILES string of the molecule is CC(=O)Oc1ccccc1CNC1O[C@H](CO)[C@H](O)[C@@H](O)[C@@H]1OCc1ccccc1OC(C)=O. The third-order valence-electron chi connectivity index (χ3n) is 5.24. The van der Waals surface area contributed by atoms with Crippen LogP contribution in [0.2, 0.25) is 0 Å². The van der Waals surface area contributed by atoms with E-state index in [1.54, 1.807) is 48.5 Å². The summed E-state index contributed by atoms with van der Waals surface area (Å²) in [4.78, 5) is 22.8. The molecule has 10 nitrogen and oxygen atoms in total. The molecular weight excluding hydrogens is 446 g/mol. The highest BCUT2D eigenvalue weighted by Gasteiger charge is 2.45. The molecule has 4 N–H and O–H groups in total. The average molecular weight is 475 g/mol. The van der Waals surface area contributed by atoms with Crippen LogP contribution in [0.5, 0.6) is 11.5 Å². The van der Waals surface area contributed by atoms with E-state index in [1.165, 1.54) is 13.8 Å². The number of esters is 2. The lowest BCUT2D eigenvalue weighted by atomic mass is 9.98. The summed E-state index contributed by atoms with van der Waals surface area (Å²) in [6.45, 7) is 2.21. The molecule has 1 heterocycles. The first-order valence-corrected chi connectivity index (χ1v) is 10.8. The van der Waals surface area contributed by atoms with Crippen LogP contribution in [0.15, 0.2) is 48.5 Å². The molecular formula is C24H29NO9. The molecule has 0 amide bonds. The largest absolute Gasteiger partial charge is 0.426 e. The van der Waals surface area contributed by atoms with Gasteiger partial charge < -0.3 is 34.3 Å². The van der Waals surface area contributed by atoms with Gasteiger partial charge in [-0.3, -0.25) is 14.9 Å². The number of aliphatic hydroxyl groups is 3. The smallest absolute Gasteiger partial charge is 0.308 e. The van der Waals surface area contributed by atoms with Crippen LogP contribution in [0, 0.1) is 0 Å². The summed E-state index contributed by atoms with van der Waals surface area (Å²) in [5, 5.41) is 33.7. The summed E-state index contributed by atoms with van der Waals surface area (Å²) in [6, 6.07) is 13.7. The third kappa shape index (κ3) is 6.60. The van der Waals surface area contributed by atoms with E-state index in [2.05, 4.69) is 5.32 Å². The van der Waals surface area contributed by atoms with E-state index in [1.807, 2.05) is 0 Å². The maximum absolute atomic E-state index is 11.4. The van der Waals surface area contributed by atoms with Crippen molar-refractivity contribution >= 4 is 11.9 Å². The summed E-state index contributed by atoms with van der Waals surface area (Å²) < 4.78 is 22.1. The second-order valence-corrected chi connectivity index (χ2v) is 7.82. The van der Waals surface area contributed by atoms with Gasteiger partial charge in [-0.2, -0.15) is 0 Å². The van der Waals surface area contributed by atoms with Crippen LogP contribution >= 0.6 is 0 Å². The fourth-order valence-electron chi connectivity index (χ4n) is 3.62. The number of hydrogen-bond acceptors (Lipinski definition) is 10. The maximum Gasteiger partial charge on any atom is 0.308 e. The van der Waals surface area contributed by atoms with Gasteiger partial charge in [0.15, 0.2) is 0 Å². The zero-order valence-electron chi connectivity index (χ0n) is 18.9. The normalized spacial score (nSPS) is 24.4. The van der Waals surface area contributed by atoms with Crippen LogP contribution in [0.3, 0.4) is 0 Å². The summed E-state index contributed by atoms with van der Waals surface area (Å²) in [7, 11) is 0. The molecule has 1 fully saturated rings. The van der Waals surface area contributed by atoms with E-state index in [9.17, 15) is 24.9 Å². The molecule has 0 aliphatic carbocycles. The standard InChI is InChI=1S/C24H29NO9/c1-14(27)32-18-9-5-3-7-16(18)11-25-24-23(22(30)21(29)20(12-26)34-24)31-13-17-8-4-6-10-19(17)33-15(2)28/h3-10,20-26,29-30H,11-13H2,1-2H3/t20-,21+,22-,23+,24?/m1/s1. The Labute approximate surface area is 197 Å². The molecule has 1 aliphatic heterocycles. The molecule has 2 aromatic rings. The summed E-state index contributed by atoms with van der Waals surface area (Å²) in [5.41, 5.74) is 1.21. The van der Waals surface area contributed by atoms with Crippen LogP contribution in [0.1, 0.15) is 25.0 Å². The average Bonchev–Trinajstić information content (AvgIpc) is 2.80. The van der Waals surface area contributed by atoms with E-state index in [0.29, 0.717) is 22.6 Å². The number of ether oxygens (including phenoxy) is 4. The molecule has 34 heavy (non-hydrogen) atoms. The molecule has 0 spiro atoms. The minimum absolute atomic E-state index is 0.0483. The zero-order chi connectivity index (χ0) is 24.7. The molecule has 3 rings (SSSR count). The van der Waals surface area contributed by atoms with Gasteiger partial charge in [0, 0.05) is 31.5 Å². The van der Waals surface area contributed by atoms with Crippen molar-refractivity contribution in [2.45, 2.75) is 57.6 Å². The Morgan fingerprint density at radius 1 is 0.912 bits per heavy atom.